The third-order valence-electron chi connectivity index (χ3n) is 2.59. The number of halogens is 2. The standard InChI is InChI=1S/C11H11Cl2NO3/c12-7-1-2-8(13)9(3-7)17-11(4-10(15)16)5-14-6-11/h1-3,14H,4-6H2,(H,15,16). The minimum Gasteiger partial charge on any atom is -0.482 e. The summed E-state index contributed by atoms with van der Waals surface area (Å²) in [5, 5.41) is 12.8. The quantitative estimate of drug-likeness (QED) is 0.885. The zero-order chi connectivity index (χ0) is 12.5. The first-order valence-corrected chi connectivity index (χ1v) is 5.83. The zero-order valence-corrected chi connectivity index (χ0v) is 10.4. The van der Waals surface area contributed by atoms with Gasteiger partial charge in [0.25, 0.3) is 0 Å². The molecule has 92 valence electrons. The lowest BCUT2D eigenvalue weighted by molar-refractivity contribution is -0.143. The molecule has 17 heavy (non-hydrogen) atoms. The molecule has 2 N–H and O–H groups in total. The minimum absolute atomic E-state index is 0.0666. The van der Waals surface area contributed by atoms with Crippen molar-refractivity contribution in [3.8, 4) is 5.75 Å². The number of carboxylic acids is 1. The van der Waals surface area contributed by atoms with E-state index in [9.17, 15) is 4.79 Å². The van der Waals surface area contributed by atoms with Gasteiger partial charge < -0.3 is 15.2 Å². The number of aliphatic carboxylic acids is 1. The van der Waals surface area contributed by atoms with Gasteiger partial charge in [-0.25, -0.2) is 0 Å². The number of carbonyl (C=O) groups is 1. The van der Waals surface area contributed by atoms with E-state index < -0.39 is 11.6 Å². The molecule has 6 heteroatoms. The van der Waals surface area contributed by atoms with Crippen LogP contribution >= 0.6 is 23.2 Å². The Labute approximate surface area is 108 Å². The average Bonchev–Trinajstić information content (AvgIpc) is 2.19. The second-order valence-electron chi connectivity index (χ2n) is 4.03. The van der Waals surface area contributed by atoms with Gasteiger partial charge in [0.15, 0.2) is 0 Å². The van der Waals surface area contributed by atoms with Crippen LogP contribution in [0.4, 0.5) is 0 Å². The summed E-state index contributed by atoms with van der Waals surface area (Å²) in [6.45, 7) is 0.976. The van der Waals surface area contributed by atoms with Crippen molar-refractivity contribution in [1.82, 2.24) is 5.32 Å². The number of ether oxygens (including phenoxy) is 1. The fourth-order valence-electron chi connectivity index (χ4n) is 1.70. The molecule has 0 saturated carbocycles. The Bertz CT molecular complexity index is 446. The molecule has 0 amide bonds. The Balaban J connectivity index is 2.18. The Hall–Kier alpha value is -0.970. The largest absolute Gasteiger partial charge is 0.482 e. The van der Waals surface area contributed by atoms with Crippen LogP contribution in [-0.4, -0.2) is 29.8 Å². The number of hydrogen-bond donors (Lipinski definition) is 2. The summed E-state index contributed by atoms with van der Waals surface area (Å²) >= 11 is 11.8. The molecule has 1 fully saturated rings. The van der Waals surface area contributed by atoms with Crippen molar-refractivity contribution in [1.29, 1.82) is 0 Å². The predicted molar refractivity (Wildman–Crippen MR) is 64.9 cm³/mol. The lowest BCUT2D eigenvalue weighted by Crippen LogP contribution is -2.64. The number of carboxylic acid groups (broad SMARTS) is 1. The Morgan fingerprint density at radius 1 is 1.47 bits per heavy atom. The maximum Gasteiger partial charge on any atom is 0.307 e. The van der Waals surface area contributed by atoms with Crippen molar-refractivity contribution < 1.29 is 14.6 Å². The van der Waals surface area contributed by atoms with Crippen molar-refractivity contribution in [3.05, 3.63) is 28.2 Å². The number of hydrogen-bond acceptors (Lipinski definition) is 3. The lowest BCUT2D eigenvalue weighted by Gasteiger charge is -2.41. The average molecular weight is 276 g/mol. The fraction of sp³-hybridized carbons (Fsp3) is 0.364. The van der Waals surface area contributed by atoms with Gasteiger partial charge in [0.05, 0.1) is 11.4 Å². The van der Waals surface area contributed by atoms with E-state index in [1.165, 1.54) is 0 Å². The van der Waals surface area contributed by atoms with Crippen molar-refractivity contribution in [3.63, 3.8) is 0 Å². The van der Waals surface area contributed by atoms with Crippen molar-refractivity contribution in [2.45, 2.75) is 12.0 Å². The maximum absolute atomic E-state index is 10.8. The van der Waals surface area contributed by atoms with Crippen molar-refractivity contribution in [2.75, 3.05) is 13.1 Å². The van der Waals surface area contributed by atoms with Crippen LogP contribution in [0.1, 0.15) is 6.42 Å². The summed E-state index contributed by atoms with van der Waals surface area (Å²) in [7, 11) is 0. The molecule has 0 aliphatic carbocycles. The van der Waals surface area contributed by atoms with E-state index in [1.54, 1.807) is 18.2 Å². The molecule has 1 heterocycles. The molecule has 4 nitrogen and oxygen atoms in total. The van der Waals surface area contributed by atoms with Crippen LogP contribution in [0.5, 0.6) is 5.75 Å². The van der Waals surface area contributed by atoms with E-state index >= 15 is 0 Å². The summed E-state index contributed by atoms with van der Waals surface area (Å²) in [5.41, 5.74) is -0.722. The summed E-state index contributed by atoms with van der Waals surface area (Å²) in [6.07, 6.45) is -0.0666. The highest BCUT2D eigenvalue weighted by molar-refractivity contribution is 6.34. The number of rotatable bonds is 4. The summed E-state index contributed by atoms with van der Waals surface area (Å²) in [5.74, 6) is -0.480. The van der Waals surface area contributed by atoms with Crippen LogP contribution in [0.15, 0.2) is 18.2 Å². The van der Waals surface area contributed by atoms with Crippen molar-refractivity contribution >= 4 is 29.2 Å². The number of nitrogens with one attached hydrogen (secondary N) is 1. The van der Waals surface area contributed by atoms with Crippen LogP contribution in [0.3, 0.4) is 0 Å². The second-order valence-corrected chi connectivity index (χ2v) is 4.88. The molecule has 1 aromatic rings. The smallest absolute Gasteiger partial charge is 0.307 e. The molecule has 0 atom stereocenters. The van der Waals surface area contributed by atoms with E-state index in [2.05, 4.69) is 5.32 Å². The highest BCUT2D eigenvalue weighted by atomic mass is 35.5. The molecule has 0 unspecified atom stereocenters. The van der Waals surface area contributed by atoms with Gasteiger partial charge in [-0.3, -0.25) is 4.79 Å². The van der Waals surface area contributed by atoms with Crippen LogP contribution in [0.25, 0.3) is 0 Å². The minimum atomic E-state index is -0.898. The van der Waals surface area contributed by atoms with Gasteiger partial charge in [0.1, 0.15) is 11.4 Å². The molecule has 0 radical (unpaired) electrons. The molecule has 1 aromatic carbocycles. The molecule has 1 aliphatic rings. The first kappa shape index (κ1) is 12.5. The fourth-order valence-corrected chi connectivity index (χ4v) is 2.02. The van der Waals surface area contributed by atoms with E-state index in [4.69, 9.17) is 33.0 Å². The second kappa shape index (κ2) is 4.72. The molecular formula is C11H11Cl2NO3. The predicted octanol–water partition coefficient (Wildman–Crippen LogP) is 2.19. The molecule has 2 rings (SSSR count). The van der Waals surface area contributed by atoms with Gasteiger partial charge in [0, 0.05) is 24.2 Å². The summed E-state index contributed by atoms with van der Waals surface area (Å²) in [4.78, 5) is 10.8. The highest BCUT2D eigenvalue weighted by Crippen LogP contribution is 2.33. The van der Waals surface area contributed by atoms with Gasteiger partial charge in [-0.15, -0.1) is 0 Å². The Morgan fingerprint density at radius 2 is 2.18 bits per heavy atom. The van der Waals surface area contributed by atoms with Crippen LogP contribution in [0, 0.1) is 0 Å². The number of benzene rings is 1. The van der Waals surface area contributed by atoms with Gasteiger partial charge >= 0.3 is 5.97 Å². The topological polar surface area (TPSA) is 58.6 Å². The molecule has 0 bridgehead atoms. The van der Waals surface area contributed by atoms with Crippen molar-refractivity contribution in [2.24, 2.45) is 0 Å². The molecular weight excluding hydrogens is 265 g/mol. The van der Waals surface area contributed by atoms with E-state index in [0.29, 0.717) is 28.9 Å². The third-order valence-corrected chi connectivity index (χ3v) is 3.13. The molecule has 0 spiro atoms. The van der Waals surface area contributed by atoms with Crippen LogP contribution in [-0.2, 0) is 4.79 Å². The highest BCUT2D eigenvalue weighted by Gasteiger charge is 2.42. The zero-order valence-electron chi connectivity index (χ0n) is 8.87. The molecule has 1 aliphatic heterocycles. The monoisotopic (exact) mass is 275 g/mol. The van der Waals surface area contributed by atoms with E-state index in [-0.39, 0.29) is 6.42 Å². The summed E-state index contributed by atoms with van der Waals surface area (Å²) in [6, 6.07) is 4.87. The maximum atomic E-state index is 10.8. The first-order valence-electron chi connectivity index (χ1n) is 5.07. The molecule has 1 saturated heterocycles. The Kier molecular flexibility index (Phi) is 3.47. The first-order chi connectivity index (χ1) is 8.01. The van der Waals surface area contributed by atoms with E-state index in [1.807, 2.05) is 0 Å². The Morgan fingerprint density at radius 3 is 2.71 bits per heavy atom. The third kappa shape index (κ3) is 2.83. The van der Waals surface area contributed by atoms with Crippen LogP contribution < -0.4 is 10.1 Å². The SMILES string of the molecule is O=C(O)CC1(Oc2cc(Cl)ccc2Cl)CNC1. The van der Waals surface area contributed by atoms with E-state index in [0.717, 1.165) is 0 Å². The van der Waals surface area contributed by atoms with Gasteiger partial charge in [0.2, 0.25) is 0 Å². The van der Waals surface area contributed by atoms with Gasteiger partial charge in [-0.1, -0.05) is 23.2 Å². The van der Waals surface area contributed by atoms with Gasteiger partial charge in [-0.2, -0.15) is 0 Å². The normalized spacial score (nSPS) is 17.3. The lowest BCUT2D eigenvalue weighted by atomic mass is 9.92. The summed E-state index contributed by atoms with van der Waals surface area (Å²) < 4.78 is 5.70. The molecule has 0 aromatic heterocycles. The van der Waals surface area contributed by atoms with Gasteiger partial charge in [-0.05, 0) is 12.1 Å². The van der Waals surface area contributed by atoms with Crippen LogP contribution in [0.2, 0.25) is 10.0 Å².